The summed E-state index contributed by atoms with van der Waals surface area (Å²) < 4.78 is 7.79. The maximum atomic E-state index is 12.4. The van der Waals surface area contributed by atoms with Crippen molar-refractivity contribution in [1.82, 2.24) is 18.8 Å². The molecule has 1 fully saturated rings. The van der Waals surface area contributed by atoms with Crippen LogP contribution in [0.4, 0.5) is 5.95 Å². The maximum Gasteiger partial charge on any atom is 0.332 e. The molecule has 0 aliphatic carbocycles. The Labute approximate surface area is 127 Å². The molecule has 0 spiro atoms. The van der Waals surface area contributed by atoms with Gasteiger partial charge in [0.2, 0.25) is 5.95 Å². The number of aliphatic hydroxyl groups excluding tert-OH is 3. The molecule has 0 unspecified atom stereocenters. The van der Waals surface area contributed by atoms with Gasteiger partial charge in [-0.05, 0) is 0 Å². The smallest absolute Gasteiger partial charge is 0.332 e. The van der Waals surface area contributed by atoms with Crippen molar-refractivity contribution in [3.63, 3.8) is 0 Å². The van der Waals surface area contributed by atoms with Gasteiger partial charge in [-0.2, -0.15) is 9.66 Å². The fourth-order valence-corrected chi connectivity index (χ4v) is 2.66. The Morgan fingerprint density at radius 3 is 2.52 bits per heavy atom. The first-order chi connectivity index (χ1) is 10.8. The van der Waals surface area contributed by atoms with E-state index >= 15 is 0 Å². The van der Waals surface area contributed by atoms with E-state index in [0.717, 1.165) is 9.13 Å². The van der Waals surface area contributed by atoms with Gasteiger partial charge in [-0.1, -0.05) is 0 Å². The molecule has 1 aliphatic heterocycles. The van der Waals surface area contributed by atoms with Gasteiger partial charge in [0.05, 0.1) is 6.61 Å². The van der Waals surface area contributed by atoms with Crippen LogP contribution in [-0.4, -0.2) is 59.0 Å². The standard InChI is InChI=1S/C11H16N6O6/c1-15-4-7(14-10(12)17(13)8(4)21)16(11(15)22)9-6(20)5(19)3(2-18)23-9/h3,5-6,9,18-20H,2,13H2,1H3,(H2,12,14)/t3-,5-,6-,9-/m1/s1. The second-order valence-corrected chi connectivity index (χ2v) is 5.26. The molecule has 1 aliphatic rings. The van der Waals surface area contributed by atoms with E-state index in [9.17, 15) is 19.8 Å². The minimum atomic E-state index is -1.50. The number of imidazole rings is 1. The summed E-state index contributed by atoms with van der Waals surface area (Å²) in [7, 11) is 1.32. The van der Waals surface area contributed by atoms with Gasteiger partial charge >= 0.3 is 5.69 Å². The normalized spacial score (nSPS) is 27.8. The molecule has 23 heavy (non-hydrogen) atoms. The van der Waals surface area contributed by atoms with Crippen molar-refractivity contribution in [2.24, 2.45) is 7.05 Å². The molecule has 1 saturated heterocycles. The molecule has 3 rings (SSSR count). The lowest BCUT2D eigenvalue weighted by molar-refractivity contribution is -0.0527. The Bertz CT molecular complexity index is 884. The summed E-state index contributed by atoms with van der Waals surface area (Å²) in [6, 6.07) is 0. The lowest BCUT2D eigenvalue weighted by atomic mass is 10.1. The molecule has 12 heteroatoms. The number of hydrogen-bond acceptors (Lipinski definition) is 9. The van der Waals surface area contributed by atoms with Crippen molar-refractivity contribution < 1.29 is 20.1 Å². The summed E-state index contributed by atoms with van der Waals surface area (Å²) in [5.74, 6) is 5.12. The van der Waals surface area contributed by atoms with Gasteiger partial charge in [0.25, 0.3) is 5.56 Å². The number of fused-ring (bicyclic) bond motifs is 1. The molecular weight excluding hydrogens is 312 g/mol. The van der Waals surface area contributed by atoms with Crippen molar-refractivity contribution in [2.75, 3.05) is 18.2 Å². The zero-order chi connectivity index (χ0) is 17.0. The highest BCUT2D eigenvalue weighted by Gasteiger charge is 2.45. The summed E-state index contributed by atoms with van der Waals surface area (Å²) in [6.07, 6.45) is -5.32. The zero-order valence-corrected chi connectivity index (χ0v) is 12.0. The van der Waals surface area contributed by atoms with Crippen LogP contribution in [0.1, 0.15) is 6.23 Å². The first-order valence-corrected chi connectivity index (χ1v) is 6.66. The summed E-state index contributed by atoms with van der Waals surface area (Å²) in [5.41, 5.74) is 3.79. The van der Waals surface area contributed by atoms with E-state index in [2.05, 4.69) is 4.98 Å². The van der Waals surface area contributed by atoms with Crippen LogP contribution >= 0.6 is 0 Å². The Balaban J connectivity index is 2.30. The van der Waals surface area contributed by atoms with E-state index in [0.29, 0.717) is 4.68 Å². The SMILES string of the molecule is Cn1c(=O)n([C@@H]2O[C@H](CO)[C@@H](O)[C@H]2O)c2nc(N)n(N)c(=O)c21. The molecule has 0 bridgehead atoms. The Morgan fingerprint density at radius 2 is 1.96 bits per heavy atom. The predicted molar refractivity (Wildman–Crippen MR) is 76.8 cm³/mol. The van der Waals surface area contributed by atoms with Gasteiger partial charge in [0.1, 0.15) is 18.3 Å². The van der Waals surface area contributed by atoms with Crippen LogP contribution in [0, 0.1) is 0 Å². The van der Waals surface area contributed by atoms with Crippen LogP contribution in [0.25, 0.3) is 11.2 Å². The third-order valence-electron chi connectivity index (χ3n) is 3.93. The molecule has 0 radical (unpaired) electrons. The number of rotatable bonds is 2. The van der Waals surface area contributed by atoms with Crippen LogP contribution in [-0.2, 0) is 11.8 Å². The number of ether oxygens (including phenoxy) is 1. The second-order valence-electron chi connectivity index (χ2n) is 5.26. The van der Waals surface area contributed by atoms with Crippen molar-refractivity contribution in [1.29, 1.82) is 0 Å². The fraction of sp³-hybridized carbons (Fsp3) is 0.545. The third-order valence-corrected chi connectivity index (χ3v) is 3.93. The molecule has 2 aromatic heterocycles. The monoisotopic (exact) mass is 328 g/mol. The topological polar surface area (TPSA) is 184 Å². The number of hydrogen-bond donors (Lipinski definition) is 5. The molecular formula is C11H16N6O6. The summed E-state index contributed by atoms with van der Waals surface area (Å²) in [4.78, 5) is 28.5. The first-order valence-electron chi connectivity index (χ1n) is 6.66. The van der Waals surface area contributed by atoms with Crippen LogP contribution in [0.3, 0.4) is 0 Å². The number of nitrogens with two attached hydrogens (primary N) is 2. The quantitative estimate of drug-likeness (QED) is 0.341. The Morgan fingerprint density at radius 1 is 1.30 bits per heavy atom. The predicted octanol–water partition coefficient (Wildman–Crippen LogP) is -4.20. The van der Waals surface area contributed by atoms with E-state index in [1.807, 2.05) is 0 Å². The van der Waals surface area contributed by atoms with E-state index in [4.69, 9.17) is 21.4 Å². The van der Waals surface area contributed by atoms with E-state index in [-0.39, 0.29) is 17.1 Å². The number of aryl methyl sites for hydroxylation is 1. The Hall–Kier alpha value is -2.41. The third kappa shape index (κ3) is 1.96. The van der Waals surface area contributed by atoms with Gasteiger partial charge in [0.15, 0.2) is 17.4 Å². The molecule has 0 saturated carbocycles. The molecule has 3 heterocycles. The molecule has 126 valence electrons. The Kier molecular flexibility index (Phi) is 3.40. The van der Waals surface area contributed by atoms with Gasteiger partial charge in [-0.15, -0.1) is 0 Å². The lowest BCUT2D eigenvalue weighted by Gasteiger charge is -2.15. The van der Waals surface area contributed by atoms with Gasteiger partial charge in [0, 0.05) is 7.05 Å². The van der Waals surface area contributed by atoms with Crippen LogP contribution in [0.5, 0.6) is 0 Å². The lowest BCUT2D eigenvalue weighted by Crippen LogP contribution is -2.35. The van der Waals surface area contributed by atoms with Gasteiger partial charge < -0.3 is 31.6 Å². The van der Waals surface area contributed by atoms with E-state index < -0.39 is 42.4 Å². The number of nitrogen functional groups attached to an aromatic ring is 2. The van der Waals surface area contributed by atoms with Crippen LogP contribution < -0.4 is 22.8 Å². The minimum Gasteiger partial charge on any atom is -0.394 e. The van der Waals surface area contributed by atoms with Crippen molar-refractivity contribution in [3.8, 4) is 0 Å². The number of aromatic nitrogens is 4. The van der Waals surface area contributed by atoms with Crippen LogP contribution in [0.2, 0.25) is 0 Å². The van der Waals surface area contributed by atoms with Crippen LogP contribution in [0.15, 0.2) is 9.59 Å². The minimum absolute atomic E-state index is 0.135. The van der Waals surface area contributed by atoms with E-state index in [1.54, 1.807) is 0 Å². The number of anilines is 1. The summed E-state index contributed by atoms with van der Waals surface area (Å²) in [5, 5.41) is 29.0. The van der Waals surface area contributed by atoms with Gasteiger partial charge in [-0.25, -0.2) is 9.36 Å². The molecule has 4 atom stereocenters. The fourth-order valence-electron chi connectivity index (χ4n) is 2.66. The molecule has 12 nitrogen and oxygen atoms in total. The largest absolute Gasteiger partial charge is 0.394 e. The molecule has 2 aromatic rings. The summed E-state index contributed by atoms with van der Waals surface area (Å²) in [6.45, 7) is -0.556. The average molecular weight is 328 g/mol. The van der Waals surface area contributed by atoms with E-state index in [1.165, 1.54) is 7.05 Å². The molecule has 0 aromatic carbocycles. The highest BCUT2D eigenvalue weighted by atomic mass is 16.6. The van der Waals surface area contributed by atoms with Crippen molar-refractivity contribution in [3.05, 3.63) is 20.8 Å². The first kappa shape index (κ1) is 15.5. The van der Waals surface area contributed by atoms with Crippen molar-refractivity contribution in [2.45, 2.75) is 24.5 Å². The average Bonchev–Trinajstić information content (AvgIpc) is 2.93. The number of nitrogens with zero attached hydrogens (tertiary/aromatic N) is 4. The second kappa shape index (κ2) is 5.06. The molecule has 7 N–H and O–H groups in total. The maximum absolute atomic E-state index is 12.4. The highest BCUT2D eigenvalue weighted by molar-refractivity contribution is 5.72. The molecule has 0 amide bonds. The zero-order valence-electron chi connectivity index (χ0n) is 12.0. The van der Waals surface area contributed by atoms with Gasteiger partial charge in [-0.3, -0.25) is 9.36 Å². The highest BCUT2D eigenvalue weighted by Crippen LogP contribution is 2.29. The van der Waals surface area contributed by atoms with Crippen molar-refractivity contribution >= 4 is 17.1 Å². The number of aliphatic hydroxyl groups is 3. The summed E-state index contributed by atoms with van der Waals surface area (Å²) >= 11 is 0.